The number of aromatic nitrogens is 2. The maximum atomic E-state index is 11.0. The van der Waals surface area contributed by atoms with Gasteiger partial charge < -0.3 is 5.43 Å². The van der Waals surface area contributed by atoms with Crippen molar-refractivity contribution in [3.05, 3.63) is 22.6 Å². The molecule has 0 radical (unpaired) electrons. The molecule has 0 amide bonds. The SMILES string of the molecule is O=c1ccnc2n1NCS2. The summed E-state index contributed by atoms with van der Waals surface area (Å²) >= 11 is 1.52. The van der Waals surface area contributed by atoms with Crippen molar-refractivity contribution in [3.63, 3.8) is 0 Å². The van der Waals surface area contributed by atoms with Gasteiger partial charge in [0.1, 0.15) is 0 Å². The van der Waals surface area contributed by atoms with Gasteiger partial charge in [0.15, 0.2) is 5.16 Å². The predicted octanol–water partition coefficient (Wildman–Crippen LogP) is -0.150. The van der Waals surface area contributed by atoms with E-state index in [1.807, 2.05) is 0 Å². The van der Waals surface area contributed by atoms with Gasteiger partial charge in [-0.2, -0.15) is 4.68 Å². The summed E-state index contributed by atoms with van der Waals surface area (Å²) < 4.78 is 1.45. The fraction of sp³-hybridized carbons (Fsp3) is 0.200. The highest BCUT2D eigenvalue weighted by Crippen LogP contribution is 2.15. The standard InChI is InChI=1S/C5H5N3OS/c9-4-1-2-6-5-8(4)7-3-10-5/h1-2,7H,3H2. The summed E-state index contributed by atoms with van der Waals surface area (Å²) in [6.07, 6.45) is 1.52. The van der Waals surface area contributed by atoms with Crippen molar-refractivity contribution < 1.29 is 0 Å². The van der Waals surface area contributed by atoms with Crippen LogP contribution in [0.4, 0.5) is 0 Å². The van der Waals surface area contributed by atoms with E-state index in [4.69, 9.17) is 0 Å². The van der Waals surface area contributed by atoms with Gasteiger partial charge >= 0.3 is 0 Å². The molecule has 5 heteroatoms. The van der Waals surface area contributed by atoms with E-state index in [2.05, 4.69) is 10.4 Å². The van der Waals surface area contributed by atoms with Crippen LogP contribution in [0, 0.1) is 0 Å². The van der Waals surface area contributed by atoms with Crippen LogP contribution in [-0.4, -0.2) is 15.5 Å². The van der Waals surface area contributed by atoms with Crippen LogP contribution >= 0.6 is 11.8 Å². The van der Waals surface area contributed by atoms with Gasteiger partial charge in [-0.25, -0.2) is 4.98 Å². The highest BCUT2D eigenvalue weighted by molar-refractivity contribution is 7.99. The lowest BCUT2D eigenvalue weighted by Crippen LogP contribution is -2.24. The summed E-state index contributed by atoms with van der Waals surface area (Å²) in [4.78, 5) is 14.9. The first-order valence-corrected chi connectivity index (χ1v) is 3.81. The molecular weight excluding hydrogens is 150 g/mol. The Hall–Kier alpha value is -0.970. The Kier molecular flexibility index (Phi) is 1.17. The van der Waals surface area contributed by atoms with Crippen molar-refractivity contribution in [2.75, 3.05) is 11.3 Å². The average Bonchev–Trinajstić information content (AvgIpc) is 2.36. The molecule has 0 unspecified atom stereocenters. The second-order valence-electron chi connectivity index (χ2n) is 1.85. The number of hydrogen-bond donors (Lipinski definition) is 1. The summed E-state index contributed by atoms with van der Waals surface area (Å²) in [6, 6.07) is 1.43. The summed E-state index contributed by atoms with van der Waals surface area (Å²) in [6.45, 7) is 0. The van der Waals surface area contributed by atoms with Gasteiger partial charge in [0, 0.05) is 12.3 Å². The summed E-state index contributed by atoms with van der Waals surface area (Å²) in [7, 11) is 0. The number of nitrogens with one attached hydrogen (secondary N) is 1. The van der Waals surface area contributed by atoms with Gasteiger partial charge in [0.2, 0.25) is 0 Å². The smallest absolute Gasteiger partial charge is 0.272 e. The highest BCUT2D eigenvalue weighted by Gasteiger charge is 2.10. The van der Waals surface area contributed by atoms with Crippen LogP contribution in [0.3, 0.4) is 0 Å². The second-order valence-corrected chi connectivity index (χ2v) is 2.79. The van der Waals surface area contributed by atoms with Crippen LogP contribution in [-0.2, 0) is 0 Å². The van der Waals surface area contributed by atoms with Crippen LogP contribution in [0.5, 0.6) is 0 Å². The Morgan fingerprint density at radius 3 is 3.50 bits per heavy atom. The molecular formula is C5H5N3OS. The highest BCUT2D eigenvalue weighted by atomic mass is 32.2. The van der Waals surface area contributed by atoms with Crippen molar-refractivity contribution in [2.45, 2.75) is 5.16 Å². The van der Waals surface area contributed by atoms with E-state index < -0.39 is 0 Å². The zero-order valence-electron chi connectivity index (χ0n) is 5.07. The molecule has 2 heterocycles. The molecule has 0 bridgehead atoms. The van der Waals surface area contributed by atoms with E-state index in [9.17, 15) is 4.79 Å². The fourth-order valence-electron chi connectivity index (χ4n) is 0.800. The van der Waals surface area contributed by atoms with Crippen LogP contribution in [0.25, 0.3) is 0 Å². The van der Waals surface area contributed by atoms with E-state index in [0.717, 1.165) is 11.0 Å². The minimum atomic E-state index is -0.0463. The van der Waals surface area contributed by atoms with Gasteiger partial charge in [-0.3, -0.25) is 4.79 Å². The Labute approximate surface area is 61.2 Å². The quantitative estimate of drug-likeness (QED) is 0.529. The van der Waals surface area contributed by atoms with Gasteiger partial charge in [0.05, 0.1) is 5.88 Å². The molecule has 1 aromatic rings. The molecule has 1 aliphatic heterocycles. The topological polar surface area (TPSA) is 46.9 Å². The molecule has 52 valence electrons. The zero-order chi connectivity index (χ0) is 6.97. The summed E-state index contributed by atoms with van der Waals surface area (Å²) in [5.74, 6) is 0.728. The average molecular weight is 155 g/mol. The minimum Gasteiger partial charge on any atom is -0.310 e. The zero-order valence-corrected chi connectivity index (χ0v) is 5.89. The molecule has 0 aromatic carbocycles. The van der Waals surface area contributed by atoms with Crippen molar-refractivity contribution in [1.29, 1.82) is 0 Å². The van der Waals surface area contributed by atoms with Crippen LogP contribution in [0.15, 0.2) is 22.2 Å². The Morgan fingerprint density at radius 1 is 1.80 bits per heavy atom. The molecule has 1 aromatic heterocycles. The van der Waals surface area contributed by atoms with Gasteiger partial charge in [-0.05, 0) is 0 Å². The van der Waals surface area contributed by atoms with Crippen LogP contribution in [0.2, 0.25) is 0 Å². The lowest BCUT2D eigenvalue weighted by atomic mass is 10.7. The fourth-order valence-corrected chi connectivity index (χ4v) is 1.54. The number of nitrogens with zero attached hydrogens (tertiary/aromatic N) is 2. The largest absolute Gasteiger partial charge is 0.310 e. The van der Waals surface area contributed by atoms with E-state index in [1.165, 1.54) is 28.7 Å². The third-order valence-corrected chi connectivity index (χ3v) is 2.06. The Bertz CT molecular complexity index is 308. The minimum absolute atomic E-state index is 0.0463. The van der Waals surface area contributed by atoms with E-state index in [-0.39, 0.29) is 5.56 Å². The third kappa shape index (κ3) is 0.706. The normalized spacial score (nSPS) is 14.4. The van der Waals surface area contributed by atoms with Crippen molar-refractivity contribution in [1.82, 2.24) is 9.66 Å². The number of hydrogen-bond acceptors (Lipinski definition) is 4. The first kappa shape index (κ1) is 5.79. The molecule has 2 rings (SSSR count). The molecule has 1 N–H and O–H groups in total. The van der Waals surface area contributed by atoms with Gasteiger partial charge in [0.25, 0.3) is 5.56 Å². The number of fused-ring (bicyclic) bond motifs is 1. The summed E-state index contributed by atoms with van der Waals surface area (Å²) in [5, 5.41) is 0.743. The van der Waals surface area contributed by atoms with Crippen LogP contribution in [0.1, 0.15) is 0 Å². The molecule has 0 fully saturated rings. The molecule has 0 spiro atoms. The molecule has 0 saturated carbocycles. The summed E-state index contributed by atoms with van der Waals surface area (Å²) in [5.41, 5.74) is 2.83. The van der Waals surface area contributed by atoms with Gasteiger partial charge in [-0.15, -0.1) is 0 Å². The van der Waals surface area contributed by atoms with E-state index in [1.54, 1.807) is 0 Å². The maximum Gasteiger partial charge on any atom is 0.272 e. The van der Waals surface area contributed by atoms with Gasteiger partial charge in [-0.1, -0.05) is 11.8 Å². The molecule has 4 nitrogen and oxygen atoms in total. The molecule has 0 atom stereocenters. The Morgan fingerprint density at radius 2 is 2.70 bits per heavy atom. The lowest BCUT2D eigenvalue weighted by Gasteiger charge is -1.97. The van der Waals surface area contributed by atoms with Crippen molar-refractivity contribution in [3.8, 4) is 0 Å². The molecule has 10 heavy (non-hydrogen) atoms. The molecule has 1 aliphatic rings. The number of rotatable bonds is 0. The maximum absolute atomic E-state index is 11.0. The first-order chi connectivity index (χ1) is 4.88. The van der Waals surface area contributed by atoms with E-state index in [0.29, 0.717) is 0 Å². The molecule has 0 aliphatic carbocycles. The lowest BCUT2D eigenvalue weighted by molar-refractivity contribution is 0.742. The molecule has 0 saturated heterocycles. The van der Waals surface area contributed by atoms with E-state index >= 15 is 0 Å². The van der Waals surface area contributed by atoms with Crippen molar-refractivity contribution >= 4 is 11.8 Å². The monoisotopic (exact) mass is 155 g/mol. The second kappa shape index (κ2) is 2.02. The first-order valence-electron chi connectivity index (χ1n) is 2.83. The van der Waals surface area contributed by atoms with Crippen molar-refractivity contribution in [2.24, 2.45) is 0 Å². The number of thioether (sulfide) groups is 1. The predicted molar refractivity (Wildman–Crippen MR) is 38.6 cm³/mol. The Balaban J connectivity index is 2.70. The van der Waals surface area contributed by atoms with Crippen LogP contribution < -0.4 is 11.0 Å². The third-order valence-electron chi connectivity index (χ3n) is 1.24.